The van der Waals surface area contributed by atoms with Crippen LogP contribution in [-0.2, 0) is 0 Å². The summed E-state index contributed by atoms with van der Waals surface area (Å²) in [6.45, 7) is 0. The lowest BCUT2D eigenvalue weighted by molar-refractivity contribution is -0.274. The highest BCUT2D eigenvalue weighted by Crippen LogP contribution is 2.38. The van der Waals surface area contributed by atoms with E-state index in [1.54, 1.807) is 0 Å². The lowest BCUT2D eigenvalue weighted by Crippen LogP contribution is -2.17. The number of hydrogen-bond acceptors (Lipinski definition) is 3. The molecule has 102 valence electrons. The predicted molar refractivity (Wildman–Crippen MR) is 65.1 cm³/mol. The van der Waals surface area contributed by atoms with Crippen LogP contribution in [-0.4, -0.2) is 16.6 Å². The number of aromatic amines is 1. The molecule has 0 amide bonds. The summed E-state index contributed by atoms with van der Waals surface area (Å²) in [6.07, 6.45) is -4.81. The molecular weight excluding hydrogens is 306 g/mol. The molecule has 3 N–H and O–H groups in total. The van der Waals surface area contributed by atoms with Crippen molar-refractivity contribution in [3.05, 3.63) is 28.2 Å². The second-order valence-electron chi connectivity index (χ2n) is 3.52. The number of nitrogens with two attached hydrogens (primary N) is 1. The first-order valence-electron chi connectivity index (χ1n) is 4.82. The summed E-state index contributed by atoms with van der Waals surface area (Å²) in [5.41, 5.74) is 6.12. The van der Waals surface area contributed by atoms with Crippen LogP contribution in [0, 0.1) is 0 Å². The molecular formula is C10H6Cl2F3N3O. The molecule has 0 atom stereocenters. The summed E-state index contributed by atoms with van der Waals surface area (Å²) in [6, 6.07) is 3.47. The number of ether oxygens (including phenoxy) is 1. The van der Waals surface area contributed by atoms with E-state index in [4.69, 9.17) is 28.9 Å². The fraction of sp³-hybridized carbons (Fsp3) is 0.100. The lowest BCUT2D eigenvalue weighted by atomic mass is 10.1. The van der Waals surface area contributed by atoms with Gasteiger partial charge in [-0.05, 0) is 12.1 Å². The van der Waals surface area contributed by atoms with E-state index in [0.717, 1.165) is 12.1 Å². The average molecular weight is 312 g/mol. The number of anilines is 1. The first-order chi connectivity index (χ1) is 8.76. The number of H-pyrrole nitrogens is 1. The van der Waals surface area contributed by atoms with Crippen LogP contribution < -0.4 is 10.5 Å². The molecule has 2 aromatic rings. The van der Waals surface area contributed by atoms with Crippen LogP contribution in [0.25, 0.3) is 11.3 Å². The summed E-state index contributed by atoms with van der Waals surface area (Å²) in [5.74, 6) is -0.295. The minimum absolute atomic E-state index is 0.0181. The molecule has 0 aliphatic heterocycles. The Morgan fingerprint density at radius 1 is 1.16 bits per heavy atom. The molecule has 0 saturated carbocycles. The van der Waals surface area contributed by atoms with E-state index in [0.29, 0.717) is 11.3 Å². The van der Waals surface area contributed by atoms with Crippen LogP contribution in [0.15, 0.2) is 18.2 Å². The third-order valence-corrected chi connectivity index (χ3v) is 2.71. The van der Waals surface area contributed by atoms with Crippen LogP contribution in [0.2, 0.25) is 10.0 Å². The molecule has 0 radical (unpaired) electrons. The van der Waals surface area contributed by atoms with Gasteiger partial charge in [-0.2, -0.15) is 5.10 Å². The van der Waals surface area contributed by atoms with Crippen molar-refractivity contribution in [1.82, 2.24) is 10.2 Å². The standard InChI is InChI=1S/C10H6Cl2F3N3O/c11-5-1-4(19-10(13,14)15)2-6(12)9(5)7-3-8(16)18-17-7/h1-3H,(H3,16,17,18). The smallest absolute Gasteiger partial charge is 0.406 e. The summed E-state index contributed by atoms with van der Waals surface area (Å²) in [7, 11) is 0. The van der Waals surface area contributed by atoms with Crippen molar-refractivity contribution in [1.29, 1.82) is 0 Å². The zero-order valence-corrected chi connectivity index (χ0v) is 10.6. The molecule has 0 aliphatic carbocycles. The molecule has 1 aromatic carbocycles. The Hall–Kier alpha value is -1.60. The topological polar surface area (TPSA) is 63.9 Å². The number of halogens is 5. The fourth-order valence-corrected chi connectivity index (χ4v) is 2.14. The highest BCUT2D eigenvalue weighted by molar-refractivity contribution is 6.39. The van der Waals surface area contributed by atoms with Gasteiger partial charge in [0.15, 0.2) is 0 Å². The normalized spacial score (nSPS) is 11.6. The third-order valence-electron chi connectivity index (χ3n) is 2.12. The van der Waals surface area contributed by atoms with Gasteiger partial charge in [-0.25, -0.2) is 0 Å². The maximum absolute atomic E-state index is 12.1. The van der Waals surface area contributed by atoms with Gasteiger partial charge < -0.3 is 10.5 Å². The van der Waals surface area contributed by atoms with Gasteiger partial charge in [0.25, 0.3) is 0 Å². The molecule has 0 unspecified atom stereocenters. The molecule has 19 heavy (non-hydrogen) atoms. The zero-order valence-electron chi connectivity index (χ0n) is 9.05. The lowest BCUT2D eigenvalue weighted by Gasteiger charge is -2.11. The minimum Gasteiger partial charge on any atom is -0.406 e. The van der Waals surface area contributed by atoms with Crippen LogP contribution >= 0.6 is 23.2 Å². The Morgan fingerprint density at radius 3 is 2.16 bits per heavy atom. The first-order valence-corrected chi connectivity index (χ1v) is 5.58. The first kappa shape index (κ1) is 13.8. The van der Waals surface area contributed by atoms with Gasteiger partial charge in [0, 0.05) is 11.6 Å². The monoisotopic (exact) mass is 311 g/mol. The Labute approximate surface area is 115 Å². The molecule has 0 fully saturated rings. The molecule has 0 bridgehead atoms. The van der Waals surface area contributed by atoms with Crippen molar-refractivity contribution in [3.8, 4) is 17.0 Å². The molecule has 1 heterocycles. The number of rotatable bonds is 2. The molecule has 0 aliphatic rings. The number of aromatic nitrogens is 2. The fourth-order valence-electron chi connectivity index (χ4n) is 1.47. The zero-order chi connectivity index (χ0) is 14.2. The van der Waals surface area contributed by atoms with Crippen LogP contribution in [0.5, 0.6) is 5.75 Å². The summed E-state index contributed by atoms with van der Waals surface area (Å²) >= 11 is 11.8. The number of hydrogen-bond donors (Lipinski definition) is 2. The molecule has 4 nitrogen and oxygen atoms in total. The van der Waals surface area contributed by atoms with E-state index in [2.05, 4.69) is 14.9 Å². The average Bonchev–Trinajstić information content (AvgIpc) is 2.60. The highest BCUT2D eigenvalue weighted by atomic mass is 35.5. The Kier molecular flexibility index (Phi) is 3.51. The van der Waals surface area contributed by atoms with E-state index < -0.39 is 12.1 Å². The van der Waals surface area contributed by atoms with E-state index in [1.165, 1.54) is 6.07 Å². The van der Waals surface area contributed by atoms with Crippen molar-refractivity contribution < 1.29 is 17.9 Å². The minimum atomic E-state index is -4.81. The van der Waals surface area contributed by atoms with Crippen molar-refractivity contribution >= 4 is 29.0 Å². The second kappa shape index (κ2) is 4.82. The van der Waals surface area contributed by atoms with E-state index >= 15 is 0 Å². The van der Waals surface area contributed by atoms with Gasteiger partial charge in [0.2, 0.25) is 0 Å². The molecule has 2 rings (SSSR count). The second-order valence-corrected chi connectivity index (χ2v) is 4.33. The van der Waals surface area contributed by atoms with E-state index in [9.17, 15) is 13.2 Å². The van der Waals surface area contributed by atoms with Crippen LogP contribution in [0.3, 0.4) is 0 Å². The molecule has 0 saturated heterocycles. The summed E-state index contributed by atoms with van der Waals surface area (Å²) < 4.78 is 40.0. The van der Waals surface area contributed by atoms with Gasteiger partial charge in [-0.1, -0.05) is 23.2 Å². The van der Waals surface area contributed by atoms with Gasteiger partial charge >= 0.3 is 6.36 Å². The molecule has 0 spiro atoms. The van der Waals surface area contributed by atoms with Crippen molar-refractivity contribution in [3.63, 3.8) is 0 Å². The van der Waals surface area contributed by atoms with Crippen molar-refractivity contribution in [2.45, 2.75) is 6.36 Å². The summed E-state index contributed by atoms with van der Waals surface area (Å²) in [5, 5.41) is 6.21. The highest BCUT2D eigenvalue weighted by Gasteiger charge is 2.31. The largest absolute Gasteiger partial charge is 0.573 e. The Bertz CT molecular complexity index is 589. The van der Waals surface area contributed by atoms with Crippen LogP contribution in [0.4, 0.5) is 19.0 Å². The van der Waals surface area contributed by atoms with Crippen LogP contribution in [0.1, 0.15) is 0 Å². The number of nitrogen functional groups attached to an aromatic ring is 1. The van der Waals surface area contributed by atoms with Gasteiger partial charge in [-0.3, -0.25) is 5.10 Å². The maximum Gasteiger partial charge on any atom is 0.573 e. The number of benzene rings is 1. The van der Waals surface area contributed by atoms with Gasteiger partial charge in [0.1, 0.15) is 11.6 Å². The van der Waals surface area contributed by atoms with Gasteiger partial charge in [-0.15, -0.1) is 13.2 Å². The number of nitrogens with zero attached hydrogens (tertiary/aromatic N) is 1. The summed E-state index contributed by atoms with van der Waals surface area (Å²) in [4.78, 5) is 0. The quantitative estimate of drug-likeness (QED) is 0.885. The molecule has 1 aromatic heterocycles. The predicted octanol–water partition coefficient (Wildman–Crippen LogP) is 3.86. The van der Waals surface area contributed by atoms with E-state index in [-0.39, 0.29) is 15.9 Å². The third kappa shape index (κ3) is 3.24. The molecule has 9 heteroatoms. The Balaban J connectivity index is 2.43. The van der Waals surface area contributed by atoms with E-state index in [1.807, 2.05) is 0 Å². The van der Waals surface area contributed by atoms with Gasteiger partial charge in [0.05, 0.1) is 15.7 Å². The Morgan fingerprint density at radius 2 is 1.74 bits per heavy atom. The maximum atomic E-state index is 12.1. The SMILES string of the molecule is Nc1cc(-c2c(Cl)cc(OC(F)(F)F)cc2Cl)[nH]n1. The van der Waals surface area contributed by atoms with Crippen molar-refractivity contribution in [2.24, 2.45) is 0 Å². The number of alkyl halides is 3. The number of nitrogens with one attached hydrogen (secondary N) is 1. The van der Waals surface area contributed by atoms with Crippen molar-refractivity contribution in [2.75, 3.05) is 5.73 Å².